The summed E-state index contributed by atoms with van der Waals surface area (Å²) in [5.41, 5.74) is -0.733. The number of amides is 2. The molecule has 0 spiro atoms. The van der Waals surface area contributed by atoms with E-state index in [-0.39, 0.29) is 17.4 Å². The number of carbonyl (C=O) groups is 2. The van der Waals surface area contributed by atoms with Gasteiger partial charge in [-0.25, -0.2) is 0 Å². The summed E-state index contributed by atoms with van der Waals surface area (Å²) in [6.45, 7) is 7.65. The summed E-state index contributed by atoms with van der Waals surface area (Å²) in [6, 6.07) is 0. The molecule has 0 bridgehead atoms. The van der Waals surface area contributed by atoms with Crippen LogP contribution in [0.1, 0.15) is 46.5 Å². The van der Waals surface area contributed by atoms with Crippen molar-refractivity contribution in [1.29, 1.82) is 0 Å². The van der Waals surface area contributed by atoms with Gasteiger partial charge < -0.3 is 5.32 Å². The molecule has 0 aromatic heterocycles. The van der Waals surface area contributed by atoms with Gasteiger partial charge >= 0.3 is 0 Å². The molecule has 1 N–H and O–H groups in total. The Labute approximate surface area is 103 Å². The summed E-state index contributed by atoms with van der Waals surface area (Å²) < 4.78 is 0. The third-order valence-corrected chi connectivity index (χ3v) is 4.64. The first-order valence-electron chi connectivity index (χ1n) is 6.57. The Balaban J connectivity index is 2.31. The summed E-state index contributed by atoms with van der Waals surface area (Å²) in [6.07, 6.45) is 2.78. The van der Waals surface area contributed by atoms with E-state index in [1.165, 1.54) is 0 Å². The Morgan fingerprint density at radius 1 is 1.29 bits per heavy atom. The highest BCUT2D eigenvalue weighted by molar-refractivity contribution is 6.06. The van der Waals surface area contributed by atoms with Gasteiger partial charge in [-0.05, 0) is 32.7 Å². The van der Waals surface area contributed by atoms with Crippen LogP contribution < -0.4 is 5.32 Å². The zero-order valence-electron chi connectivity index (χ0n) is 11.0. The first-order valence-corrected chi connectivity index (χ1v) is 6.57. The van der Waals surface area contributed by atoms with E-state index < -0.39 is 5.41 Å². The van der Waals surface area contributed by atoms with Gasteiger partial charge in [0.1, 0.15) is 0 Å². The van der Waals surface area contributed by atoms with Crippen LogP contribution in [0.5, 0.6) is 0 Å². The lowest BCUT2D eigenvalue weighted by atomic mass is 9.80. The van der Waals surface area contributed by atoms with E-state index in [2.05, 4.69) is 5.32 Å². The first-order chi connectivity index (χ1) is 7.99. The van der Waals surface area contributed by atoms with Crippen LogP contribution in [0.25, 0.3) is 0 Å². The highest BCUT2D eigenvalue weighted by Crippen LogP contribution is 2.43. The van der Waals surface area contributed by atoms with Gasteiger partial charge in [0.2, 0.25) is 11.8 Å². The number of rotatable bonds is 3. The summed E-state index contributed by atoms with van der Waals surface area (Å²) >= 11 is 0. The van der Waals surface area contributed by atoms with Crippen LogP contribution in [-0.2, 0) is 9.59 Å². The van der Waals surface area contributed by atoms with E-state index >= 15 is 0 Å². The van der Waals surface area contributed by atoms with Crippen LogP contribution in [0.3, 0.4) is 0 Å². The lowest BCUT2D eigenvalue weighted by Crippen LogP contribution is -2.52. The summed E-state index contributed by atoms with van der Waals surface area (Å²) in [7, 11) is 0. The van der Waals surface area contributed by atoms with Gasteiger partial charge in [-0.1, -0.05) is 13.8 Å². The molecule has 0 saturated carbocycles. The molecule has 2 saturated heterocycles. The second-order valence-electron chi connectivity index (χ2n) is 5.62. The van der Waals surface area contributed by atoms with E-state index in [0.29, 0.717) is 6.42 Å². The first kappa shape index (κ1) is 12.6. The van der Waals surface area contributed by atoms with E-state index in [9.17, 15) is 9.59 Å². The van der Waals surface area contributed by atoms with Crippen molar-refractivity contribution in [2.45, 2.75) is 52.0 Å². The normalized spacial score (nSPS) is 32.5. The predicted molar refractivity (Wildman–Crippen MR) is 65.4 cm³/mol. The molecule has 0 aromatic carbocycles. The fourth-order valence-electron chi connectivity index (χ4n) is 3.14. The largest absolute Gasteiger partial charge is 0.314 e. The molecule has 2 heterocycles. The maximum Gasteiger partial charge on any atom is 0.236 e. The van der Waals surface area contributed by atoms with Crippen molar-refractivity contribution in [1.82, 2.24) is 10.2 Å². The molecule has 1 unspecified atom stereocenters. The van der Waals surface area contributed by atoms with Crippen molar-refractivity contribution in [3.8, 4) is 0 Å². The molecule has 1 atom stereocenters. The Kier molecular flexibility index (Phi) is 3.02. The molecule has 0 aliphatic carbocycles. The third-order valence-electron chi connectivity index (χ3n) is 4.64. The Morgan fingerprint density at radius 3 is 2.35 bits per heavy atom. The van der Waals surface area contributed by atoms with E-state index in [4.69, 9.17) is 0 Å². The fraction of sp³-hybridized carbons (Fsp3) is 0.846. The minimum absolute atomic E-state index is 0.0184. The number of nitrogens with zero attached hydrogens (tertiary/aromatic N) is 1. The van der Waals surface area contributed by atoms with Crippen LogP contribution in [0.2, 0.25) is 0 Å². The monoisotopic (exact) mass is 238 g/mol. The standard InChI is InChI=1S/C13H22N2O2/c1-4-13(5-2)8-10(16)15(11(13)17)12(3)6-7-14-9-12/h14H,4-9H2,1-3H3. The van der Waals surface area contributed by atoms with Gasteiger partial charge in [0.05, 0.1) is 11.0 Å². The quantitative estimate of drug-likeness (QED) is 0.754. The van der Waals surface area contributed by atoms with Gasteiger partial charge in [0, 0.05) is 13.0 Å². The van der Waals surface area contributed by atoms with Crippen molar-refractivity contribution in [2.75, 3.05) is 13.1 Å². The minimum Gasteiger partial charge on any atom is -0.314 e. The zero-order chi connectivity index (χ0) is 12.7. The molecule has 4 heteroatoms. The number of nitrogens with one attached hydrogen (secondary N) is 1. The Bertz CT molecular complexity index is 341. The number of hydrogen-bond donors (Lipinski definition) is 1. The number of carbonyl (C=O) groups excluding carboxylic acids is 2. The number of likely N-dealkylation sites (tertiary alicyclic amines) is 1. The van der Waals surface area contributed by atoms with Crippen LogP contribution in [0.4, 0.5) is 0 Å². The zero-order valence-corrected chi connectivity index (χ0v) is 11.0. The fourth-order valence-corrected chi connectivity index (χ4v) is 3.14. The molecule has 2 aliphatic rings. The second kappa shape index (κ2) is 4.09. The molecule has 17 heavy (non-hydrogen) atoms. The molecule has 0 aromatic rings. The number of imide groups is 1. The summed E-state index contributed by atoms with van der Waals surface area (Å²) in [4.78, 5) is 26.3. The van der Waals surface area contributed by atoms with Crippen molar-refractivity contribution in [3.63, 3.8) is 0 Å². The predicted octanol–water partition coefficient (Wildman–Crippen LogP) is 1.30. The SMILES string of the molecule is CCC1(CC)CC(=O)N(C2(C)CCNC2)C1=O. The molecule has 2 fully saturated rings. The highest BCUT2D eigenvalue weighted by Gasteiger charge is 2.55. The molecule has 96 valence electrons. The van der Waals surface area contributed by atoms with Gasteiger partial charge in [-0.2, -0.15) is 0 Å². The second-order valence-corrected chi connectivity index (χ2v) is 5.62. The lowest BCUT2D eigenvalue weighted by Gasteiger charge is -2.34. The maximum atomic E-state index is 12.6. The lowest BCUT2D eigenvalue weighted by molar-refractivity contribution is -0.147. The molecule has 4 nitrogen and oxygen atoms in total. The topological polar surface area (TPSA) is 49.4 Å². The third kappa shape index (κ3) is 1.69. The van der Waals surface area contributed by atoms with Crippen molar-refractivity contribution in [3.05, 3.63) is 0 Å². The molecule has 2 rings (SSSR count). The van der Waals surface area contributed by atoms with Crippen LogP contribution in [0.15, 0.2) is 0 Å². The highest BCUT2D eigenvalue weighted by atomic mass is 16.2. The molecule has 2 amide bonds. The summed E-state index contributed by atoms with van der Waals surface area (Å²) in [5.74, 6) is 0.0728. The van der Waals surface area contributed by atoms with Crippen LogP contribution in [-0.4, -0.2) is 35.3 Å². The van der Waals surface area contributed by atoms with Crippen LogP contribution in [0, 0.1) is 5.41 Å². The smallest absolute Gasteiger partial charge is 0.236 e. The van der Waals surface area contributed by atoms with Crippen molar-refractivity contribution >= 4 is 11.8 Å². The molecule has 0 radical (unpaired) electrons. The average Bonchev–Trinajstić information content (AvgIpc) is 2.83. The van der Waals surface area contributed by atoms with Gasteiger partial charge in [0.25, 0.3) is 0 Å². The van der Waals surface area contributed by atoms with E-state index in [1.807, 2.05) is 20.8 Å². The summed E-state index contributed by atoms with van der Waals surface area (Å²) in [5, 5.41) is 3.25. The van der Waals surface area contributed by atoms with Gasteiger partial charge in [0.15, 0.2) is 0 Å². The van der Waals surface area contributed by atoms with Gasteiger partial charge in [-0.15, -0.1) is 0 Å². The van der Waals surface area contributed by atoms with Crippen molar-refractivity contribution in [2.24, 2.45) is 5.41 Å². The minimum atomic E-state index is -0.428. The van der Waals surface area contributed by atoms with Gasteiger partial charge in [-0.3, -0.25) is 14.5 Å². The molecule has 2 aliphatic heterocycles. The van der Waals surface area contributed by atoms with E-state index in [0.717, 1.165) is 32.4 Å². The van der Waals surface area contributed by atoms with E-state index in [1.54, 1.807) is 4.90 Å². The maximum absolute atomic E-state index is 12.6. The average molecular weight is 238 g/mol. The van der Waals surface area contributed by atoms with Crippen LogP contribution >= 0.6 is 0 Å². The Hall–Kier alpha value is -0.900. The number of hydrogen-bond acceptors (Lipinski definition) is 3. The Morgan fingerprint density at radius 2 is 1.94 bits per heavy atom. The van der Waals surface area contributed by atoms with Crippen molar-refractivity contribution < 1.29 is 9.59 Å². The molecular formula is C13H22N2O2. The molecular weight excluding hydrogens is 216 g/mol.